The summed E-state index contributed by atoms with van der Waals surface area (Å²) in [6, 6.07) is 31.9. The summed E-state index contributed by atoms with van der Waals surface area (Å²) in [5.41, 5.74) is 5.80. The third-order valence-corrected chi connectivity index (χ3v) is 15.9. The summed E-state index contributed by atoms with van der Waals surface area (Å²) in [7, 11) is -0.610. The zero-order valence-corrected chi connectivity index (χ0v) is 25.4. The Balaban J connectivity index is 1.37. The molecule has 0 aromatic heterocycles. The molecule has 0 radical (unpaired) electrons. The van der Waals surface area contributed by atoms with Crippen LogP contribution in [0.25, 0.3) is 5.57 Å². The average molecular weight is 551 g/mol. The summed E-state index contributed by atoms with van der Waals surface area (Å²) in [6.45, 7) is 2.66. The molecule has 3 aliphatic rings. The molecule has 0 nitrogen and oxygen atoms in total. The van der Waals surface area contributed by atoms with Gasteiger partial charge in [0.1, 0.15) is 0 Å². The number of hydrogen-bond donors (Lipinski definition) is 0. The van der Waals surface area contributed by atoms with Gasteiger partial charge in [-0.2, -0.15) is 0 Å². The van der Waals surface area contributed by atoms with Crippen LogP contribution in [-0.2, 0) is 0 Å². The summed E-state index contributed by atoms with van der Waals surface area (Å²) < 4.78 is 0. The van der Waals surface area contributed by atoms with E-state index in [-0.39, 0.29) is 7.92 Å². The highest BCUT2D eigenvalue weighted by Gasteiger charge is 2.39. The summed E-state index contributed by atoms with van der Waals surface area (Å²) in [5, 5.41) is 4.39. The Morgan fingerprint density at radius 1 is 0.615 bits per heavy atom. The molecule has 3 aromatic carbocycles. The molecule has 3 aromatic rings. The van der Waals surface area contributed by atoms with Crippen LogP contribution in [-0.4, -0.2) is 17.0 Å². The maximum atomic E-state index is 2.66. The monoisotopic (exact) mass is 550 g/mol. The first-order chi connectivity index (χ1) is 19.3. The predicted molar refractivity (Wildman–Crippen MR) is 176 cm³/mol. The average Bonchev–Trinajstić information content (AvgIpc) is 3.50. The molecule has 1 unspecified atom stereocenters. The van der Waals surface area contributed by atoms with Crippen molar-refractivity contribution in [2.24, 2.45) is 5.92 Å². The summed E-state index contributed by atoms with van der Waals surface area (Å²) in [5.74, 6) is 0.546. The van der Waals surface area contributed by atoms with Gasteiger partial charge in [0, 0.05) is 5.92 Å². The van der Waals surface area contributed by atoms with Crippen LogP contribution < -0.4 is 15.9 Å². The molecule has 0 heterocycles. The minimum atomic E-state index is -0.624. The van der Waals surface area contributed by atoms with Crippen LogP contribution in [0.5, 0.6) is 0 Å². The highest BCUT2D eigenvalue weighted by atomic mass is 31.1. The fourth-order valence-corrected chi connectivity index (χ4v) is 14.5. The molecule has 0 N–H and O–H groups in total. The molecular weight excluding hydrogens is 506 g/mol. The molecule has 3 aliphatic carbocycles. The Morgan fingerprint density at radius 3 is 1.69 bits per heavy atom. The third kappa shape index (κ3) is 6.04. The van der Waals surface area contributed by atoms with Gasteiger partial charge in [0.05, 0.1) is 0 Å². The lowest BCUT2D eigenvalue weighted by atomic mass is 9.93. The van der Waals surface area contributed by atoms with E-state index < -0.39 is 7.92 Å². The molecular formula is C37H44P2. The fourth-order valence-electron chi connectivity index (χ4n) is 7.58. The number of rotatable bonds is 8. The molecule has 2 fully saturated rings. The first kappa shape index (κ1) is 27.2. The van der Waals surface area contributed by atoms with Crippen LogP contribution in [0.2, 0.25) is 0 Å². The van der Waals surface area contributed by atoms with Crippen LogP contribution >= 0.6 is 15.8 Å². The van der Waals surface area contributed by atoms with Gasteiger partial charge < -0.3 is 0 Å². The van der Waals surface area contributed by atoms with Crippen molar-refractivity contribution in [3.63, 3.8) is 0 Å². The van der Waals surface area contributed by atoms with E-state index in [1.54, 1.807) is 5.57 Å². The molecule has 0 spiro atoms. The topological polar surface area (TPSA) is 0 Å². The lowest BCUT2D eigenvalue weighted by molar-refractivity contribution is 0.479. The van der Waals surface area contributed by atoms with E-state index in [9.17, 15) is 0 Å². The Labute approximate surface area is 239 Å². The molecule has 202 valence electrons. The molecule has 0 aliphatic heterocycles. The second kappa shape index (κ2) is 13.1. The molecule has 39 heavy (non-hydrogen) atoms. The van der Waals surface area contributed by atoms with Crippen LogP contribution in [0.1, 0.15) is 76.7 Å². The van der Waals surface area contributed by atoms with Crippen molar-refractivity contribution in [3.8, 4) is 0 Å². The first-order valence-corrected chi connectivity index (χ1v) is 18.4. The SMILES string of the molecule is CC([C@@H]1C=CC=C1c1ccccc1P(c1ccccc1)c1ccccc1)P(C1CCCCC1)C1CCCCC1. The smallest absolute Gasteiger partial charge is 0.00923 e. The molecule has 2 heteroatoms. The lowest BCUT2D eigenvalue weighted by Gasteiger charge is -2.44. The van der Waals surface area contributed by atoms with Crippen molar-refractivity contribution < 1.29 is 0 Å². The van der Waals surface area contributed by atoms with E-state index in [0.29, 0.717) is 5.92 Å². The second-order valence-electron chi connectivity index (χ2n) is 11.8. The molecule has 2 atom stereocenters. The molecule has 0 bridgehead atoms. The molecule has 0 saturated heterocycles. The van der Waals surface area contributed by atoms with E-state index in [1.165, 1.54) is 85.7 Å². The standard InChI is InChI=1S/C37H44P2/c1-29(38(30-17-6-2-7-18-30)31-19-8-3-9-20-31)34-26-16-27-35(34)36-25-14-15-28-37(36)39(32-21-10-4-11-22-32)33-23-12-5-13-24-33/h4-5,10-16,21-31,34H,2-3,6-9,17-20H2,1H3/t29?,34-/m0/s1. The van der Waals surface area contributed by atoms with E-state index >= 15 is 0 Å². The Kier molecular flexibility index (Phi) is 9.14. The Morgan fingerprint density at radius 2 is 1.13 bits per heavy atom. The zero-order chi connectivity index (χ0) is 26.4. The van der Waals surface area contributed by atoms with Crippen molar-refractivity contribution in [1.82, 2.24) is 0 Å². The quantitative estimate of drug-likeness (QED) is 0.245. The van der Waals surface area contributed by atoms with Crippen LogP contribution in [0.4, 0.5) is 0 Å². The van der Waals surface area contributed by atoms with Crippen molar-refractivity contribution in [3.05, 3.63) is 109 Å². The summed E-state index contributed by atoms with van der Waals surface area (Å²) in [4.78, 5) is 0. The Hall–Kier alpha value is -2.00. The van der Waals surface area contributed by atoms with Gasteiger partial charge in [-0.3, -0.25) is 0 Å². The van der Waals surface area contributed by atoms with Gasteiger partial charge in [0.2, 0.25) is 0 Å². The Bertz CT molecular complexity index is 1190. The highest BCUT2D eigenvalue weighted by Crippen LogP contribution is 2.62. The van der Waals surface area contributed by atoms with Crippen molar-refractivity contribution in [2.45, 2.75) is 88.1 Å². The largest absolute Gasteiger partial charge is 0.0965 e. The number of benzene rings is 3. The molecule has 2 saturated carbocycles. The zero-order valence-electron chi connectivity index (χ0n) is 23.6. The summed E-state index contributed by atoms with van der Waals surface area (Å²) in [6.07, 6.45) is 22.2. The minimum Gasteiger partial charge on any atom is -0.0965 e. The fraction of sp³-hybridized carbons (Fsp3) is 0.405. The first-order valence-electron chi connectivity index (χ1n) is 15.5. The van der Waals surface area contributed by atoms with E-state index in [1.807, 2.05) is 0 Å². The second-order valence-corrected chi connectivity index (χ2v) is 17.2. The summed E-state index contributed by atoms with van der Waals surface area (Å²) >= 11 is 0. The van der Waals surface area contributed by atoms with Gasteiger partial charge in [-0.15, -0.1) is 0 Å². The minimum absolute atomic E-state index is 0.0144. The maximum Gasteiger partial charge on any atom is 0.00923 e. The van der Waals surface area contributed by atoms with E-state index in [0.717, 1.165) is 17.0 Å². The lowest BCUT2D eigenvalue weighted by Crippen LogP contribution is -2.30. The number of allylic oxidation sites excluding steroid dienone is 4. The third-order valence-electron chi connectivity index (χ3n) is 9.42. The van der Waals surface area contributed by atoms with Crippen molar-refractivity contribution in [1.29, 1.82) is 0 Å². The highest BCUT2D eigenvalue weighted by molar-refractivity contribution is 7.80. The maximum absolute atomic E-state index is 2.66. The molecule has 0 amide bonds. The van der Waals surface area contributed by atoms with Gasteiger partial charge in [0.15, 0.2) is 0 Å². The predicted octanol–water partition coefficient (Wildman–Crippen LogP) is 9.55. The van der Waals surface area contributed by atoms with E-state index in [4.69, 9.17) is 0 Å². The van der Waals surface area contributed by atoms with Crippen molar-refractivity contribution >= 4 is 37.3 Å². The van der Waals surface area contributed by atoms with Crippen LogP contribution in [0.15, 0.2) is 103 Å². The van der Waals surface area contributed by atoms with Gasteiger partial charge >= 0.3 is 0 Å². The number of hydrogen-bond acceptors (Lipinski definition) is 0. The van der Waals surface area contributed by atoms with Crippen LogP contribution in [0.3, 0.4) is 0 Å². The molecule has 6 rings (SSSR count). The van der Waals surface area contributed by atoms with E-state index in [2.05, 4.69) is 110 Å². The normalized spacial score (nSPS) is 21.4. The van der Waals surface area contributed by atoms with Gasteiger partial charge in [-0.1, -0.05) is 157 Å². The van der Waals surface area contributed by atoms with Crippen LogP contribution in [0, 0.1) is 5.92 Å². The van der Waals surface area contributed by atoms with Gasteiger partial charge in [-0.25, -0.2) is 0 Å². The van der Waals surface area contributed by atoms with Gasteiger partial charge in [-0.05, 0) is 77.6 Å². The van der Waals surface area contributed by atoms with Crippen molar-refractivity contribution in [2.75, 3.05) is 0 Å². The van der Waals surface area contributed by atoms with Gasteiger partial charge in [0.25, 0.3) is 0 Å².